The molecule has 0 radical (unpaired) electrons. The number of nitrogens with one attached hydrogen (secondary N) is 1. The zero-order valence-corrected chi connectivity index (χ0v) is 19.8. The van der Waals surface area contributed by atoms with E-state index in [-0.39, 0.29) is 10.7 Å². The van der Waals surface area contributed by atoms with Crippen LogP contribution in [0.5, 0.6) is 0 Å². The lowest BCUT2D eigenvalue weighted by Gasteiger charge is -2.29. The molecule has 32 heavy (non-hydrogen) atoms. The number of rotatable bonds is 6. The van der Waals surface area contributed by atoms with Crippen molar-refractivity contribution in [1.29, 1.82) is 0 Å². The van der Waals surface area contributed by atoms with E-state index in [2.05, 4.69) is 36.2 Å². The molecular formula is C25H26ClN3O2S. The summed E-state index contributed by atoms with van der Waals surface area (Å²) in [5, 5.41) is 2.75. The lowest BCUT2D eigenvalue weighted by atomic mass is 10.0. The normalized spacial score (nSPS) is 17.4. The van der Waals surface area contributed by atoms with Crippen LogP contribution in [0.2, 0.25) is 0 Å². The van der Waals surface area contributed by atoms with E-state index in [1.165, 1.54) is 21.7 Å². The lowest BCUT2D eigenvalue weighted by Crippen LogP contribution is -2.54. The van der Waals surface area contributed by atoms with Gasteiger partial charge in [0.05, 0.1) is 5.69 Å². The van der Waals surface area contributed by atoms with Crippen molar-refractivity contribution >= 4 is 58.2 Å². The van der Waals surface area contributed by atoms with Gasteiger partial charge in [-0.2, -0.15) is 0 Å². The van der Waals surface area contributed by atoms with Crippen molar-refractivity contribution < 1.29 is 9.59 Å². The second-order valence-corrected chi connectivity index (χ2v) is 9.14. The van der Waals surface area contributed by atoms with Crippen LogP contribution in [0.15, 0.2) is 48.0 Å². The maximum absolute atomic E-state index is 13.3. The molecule has 166 valence electrons. The van der Waals surface area contributed by atoms with Crippen molar-refractivity contribution in [3.05, 3.63) is 64.7 Å². The molecule has 7 heteroatoms. The zero-order valence-electron chi connectivity index (χ0n) is 18.2. The largest absolute Gasteiger partial charge is 0.371 e. The Bertz CT molecular complexity index is 1090. The number of hydrogen-bond acceptors (Lipinski definition) is 4. The monoisotopic (exact) mass is 467 g/mol. The molecule has 2 heterocycles. The first-order chi connectivity index (χ1) is 15.4. The number of benzene rings is 2. The van der Waals surface area contributed by atoms with Gasteiger partial charge < -0.3 is 4.90 Å². The summed E-state index contributed by atoms with van der Waals surface area (Å²) in [5.41, 5.74) is 5.12. The fraction of sp³-hybridized carbons (Fsp3) is 0.320. The molecule has 0 atom stereocenters. The molecule has 2 aromatic carbocycles. The molecule has 1 N–H and O–H groups in total. The molecule has 2 aromatic rings. The number of anilines is 2. The first-order valence-electron chi connectivity index (χ1n) is 10.8. The average molecular weight is 468 g/mol. The summed E-state index contributed by atoms with van der Waals surface area (Å²) in [7, 11) is 0. The predicted octanol–water partition coefficient (Wildman–Crippen LogP) is 4.63. The fourth-order valence-electron chi connectivity index (χ4n) is 4.13. The fourth-order valence-corrected chi connectivity index (χ4v) is 4.53. The molecule has 2 aliphatic heterocycles. The third-order valence-corrected chi connectivity index (χ3v) is 6.44. The number of amides is 2. The van der Waals surface area contributed by atoms with Crippen molar-refractivity contribution in [2.45, 2.75) is 32.6 Å². The molecule has 0 spiro atoms. The van der Waals surface area contributed by atoms with Gasteiger partial charge in [-0.05, 0) is 78.0 Å². The van der Waals surface area contributed by atoms with Crippen LogP contribution in [-0.2, 0) is 16.0 Å². The first kappa shape index (κ1) is 22.5. The summed E-state index contributed by atoms with van der Waals surface area (Å²) in [6.45, 7) is 6.11. The molecule has 2 amide bonds. The number of fused-ring (bicyclic) bond motifs is 1. The summed E-state index contributed by atoms with van der Waals surface area (Å²) >= 11 is 11.1. The van der Waals surface area contributed by atoms with Crippen molar-refractivity contribution in [1.82, 2.24) is 5.32 Å². The van der Waals surface area contributed by atoms with Gasteiger partial charge in [0.2, 0.25) is 0 Å². The standard InChI is InChI=1S/C25H26ClN3O2S/c1-16(2)18-5-7-20(8-6-18)29-24(31)21(23(30)27-25(29)32)15-17-4-9-22-19(14-17)10-13-28(22)12-3-11-26/h4-9,14-16H,3,10-13H2,1-2H3,(H,27,30,32)/b21-15-. The first-order valence-corrected chi connectivity index (χ1v) is 11.8. The number of hydrogen-bond donors (Lipinski definition) is 1. The predicted molar refractivity (Wildman–Crippen MR) is 134 cm³/mol. The van der Waals surface area contributed by atoms with E-state index >= 15 is 0 Å². The molecular weight excluding hydrogens is 442 g/mol. The van der Waals surface area contributed by atoms with Gasteiger partial charge in [0.15, 0.2) is 5.11 Å². The summed E-state index contributed by atoms with van der Waals surface area (Å²) < 4.78 is 0. The Morgan fingerprint density at radius 3 is 2.59 bits per heavy atom. The van der Waals surface area contributed by atoms with Gasteiger partial charge in [-0.15, -0.1) is 11.6 Å². The second-order valence-electron chi connectivity index (χ2n) is 8.37. The number of thiocarbonyl (C=S) groups is 1. The number of carbonyl (C=O) groups excluding carboxylic acids is 2. The van der Waals surface area contributed by atoms with E-state index in [0.717, 1.165) is 31.5 Å². The lowest BCUT2D eigenvalue weighted by molar-refractivity contribution is -0.122. The van der Waals surface area contributed by atoms with Gasteiger partial charge in [0.25, 0.3) is 11.8 Å². The van der Waals surface area contributed by atoms with Crippen LogP contribution in [0.1, 0.15) is 42.9 Å². The maximum Gasteiger partial charge on any atom is 0.270 e. The van der Waals surface area contributed by atoms with Crippen LogP contribution in [0.4, 0.5) is 11.4 Å². The molecule has 0 aromatic heterocycles. The number of carbonyl (C=O) groups is 2. The van der Waals surface area contributed by atoms with Crippen LogP contribution < -0.4 is 15.1 Å². The number of alkyl halides is 1. The van der Waals surface area contributed by atoms with E-state index in [1.807, 2.05) is 30.3 Å². The van der Waals surface area contributed by atoms with Crippen LogP contribution in [0.25, 0.3) is 6.08 Å². The van der Waals surface area contributed by atoms with E-state index < -0.39 is 11.8 Å². The molecule has 0 unspecified atom stereocenters. The van der Waals surface area contributed by atoms with Gasteiger partial charge in [-0.25, -0.2) is 0 Å². The zero-order chi connectivity index (χ0) is 22.8. The minimum Gasteiger partial charge on any atom is -0.371 e. The Balaban J connectivity index is 1.61. The third-order valence-electron chi connectivity index (χ3n) is 5.89. The quantitative estimate of drug-likeness (QED) is 0.291. The van der Waals surface area contributed by atoms with Crippen LogP contribution in [0, 0.1) is 0 Å². The highest BCUT2D eigenvalue weighted by atomic mass is 35.5. The molecule has 1 fully saturated rings. The van der Waals surface area contributed by atoms with Crippen molar-refractivity contribution in [2.24, 2.45) is 0 Å². The Morgan fingerprint density at radius 1 is 1.16 bits per heavy atom. The number of nitrogens with zero attached hydrogens (tertiary/aromatic N) is 2. The van der Waals surface area contributed by atoms with Gasteiger partial charge >= 0.3 is 0 Å². The molecule has 4 rings (SSSR count). The second kappa shape index (κ2) is 9.43. The third kappa shape index (κ3) is 4.43. The Hall–Kier alpha value is -2.70. The molecule has 5 nitrogen and oxygen atoms in total. The Labute approximate surface area is 199 Å². The molecule has 2 aliphatic rings. The van der Waals surface area contributed by atoms with E-state index in [0.29, 0.717) is 17.5 Å². The minimum absolute atomic E-state index is 0.0727. The molecule has 0 aliphatic carbocycles. The van der Waals surface area contributed by atoms with Gasteiger partial charge in [-0.1, -0.05) is 32.0 Å². The number of halogens is 1. The SMILES string of the molecule is CC(C)c1ccc(N2C(=O)/C(=C\c3ccc4c(c3)CCN4CCCCl)C(=O)NC2=S)cc1. The molecule has 1 saturated heterocycles. The summed E-state index contributed by atoms with van der Waals surface area (Å²) in [5.74, 6) is 0.139. The highest BCUT2D eigenvalue weighted by Crippen LogP contribution is 2.30. The Morgan fingerprint density at radius 2 is 1.91 bits per heavy atom. The molecule has 0 bridgehead atoms. The summed E-state index contributed by atoms with van der Waals surface area (Å²) in [6.07, 6.45) is 3.53. The summed E-state index contributed by atoms with van der Waals surface area (Å²) in [4.78, 5) is 29.6. The topological polar surface area (TPSA) is 52.7 Å². The van der Waals surface area contributed by atoms with Crippen LogP contribution in [-0.4, -0.2) is 35.9 Å². The van der Waals surface area contributed by atoms with E-state index in [9.17, 15) is 9.59 Å². The van der Waals surface area contributed by atoms with Crippen molar-refractivity contribution in [3.63, 3.8) is 0 Å². The smallest absolute Gasteiger partial charge is 0.270 e. The van der Waals surface area contributed by atoms with Crippen molar-refractivity contribution in [2.75, 3.05) is 28.8 Å². The van der Waals surface area contributed by atoms with Gasteiger partial charge in [-0.3, -0.25) is 19.8 Å². The average Bonchev–Trinajstić information content (AvgIpc) is 3.17. The molecule has 0 saturated carbocycles. The van der Waals surface area contributed by atoms with E-state index in [4.69, 9.17) is 23.8 Å². The Kier molecular flexibility index (Phi) is 6.63. The van der Waals surface area contributed by atoms with Gasteiger partial charge in [0.1, 0.15) is 5.57 Å². The highest BCUT2D eigenvalue weighted by Gasteiger charge is 2.34. The van der Waals surface area contributed by atoms with Gasteiger partial charge in [0, 0.05) is 24.7 Å². The minimum atomic E-state index is -0.473. The van der Waals surface area contributed by atoms with Crippen LogP contribution in [0.3, 0.4) is 0 Å². The van der Waals surface area contributed by atoms with Crippen LogP contribution >= 0.6 is 23.8 Å². The maximum atomic E-state index is 13.3. The highest BCUT2D eigenvalue weighted by molar-refractivity contribution is 7.80. The van der Waals surface area contributed by atoms with E-state index in [1.54, 1.807) is 6.08 Å². The summed E-state index contributed by atoms with van der Waals surface area (Å²) in [6, 6.07) is 13.7. The van der Waals surface area contributed by atoms with Crippen molar-refractivity contribution in [3.8, 4) is 0 Å².